The van der Waals surface area contributed by atoms with Crippen molar-refractivity contribution in [1.29, 1.82) is 0 Å². The maximum absolute atomic E-state index is 13.7. The fourth-order valence-electron chi connectivity index (χ4n) is 3.22. The summed E-state index contributed by atoms with van der Waals surface area (Å²) in [6.07, 6.45) is 1.17. The molecular formula is C15H18BrFN2OS. The highest BCUT2D eigenvalue weighted by atomic mass is 79.9. The summed E-state index contributed by atoms with van der Waals surface area (Å²) in [5.41, 5.74) is 1.67. The summed E-state index contributed by atoms with van der Waals surface area (Å²) >= 11 is 8.70. The molecule has 2 atom stereocenters. The van der Waals surface area contributed by atoms with Gasteiger partial charge in [0.25, 0.3) is 0 Å². The average molecular weight is 373 g/mol. The van der Waals surface area contributed by atoms with Crippen LogP contribution in [0.2, 0.25) is 0 Å². The molecule has 1 aromatic carbocycles. The van der Waals surface area contributed by atoms with Crippen LogP contribution in [0, 0.1) is 16.0 Å². The Balaban J connectivity index is 2.08. The van der Waals surface area contributed by atoms with Gasteiger partial charge in [-0.2, -0.15) is 0 Å². The van der Waals surface area contributed by atoms with Crippen molar-refractivity contribution in [3.63, 3.8) is 0 Å². The Bertz CT molecular complexity index is 752. The number of fused-ring (bicyclic) bond motifs is 1. The number of nitrogens with one attached hydrogen (secondary N) is 1. The largest absolute Gasteiger partial charge is 0.378 e. The van der Waals surface area contributed by atoms with Crippen LogP contribution in [0.1, 0.15) is 33.2 Å². The van der Waals surface area contributed by atoms with Crippen molar-refractivity contribution in [2.45, 2.75) is 39.3 Å². The lowest BCUT2D eigenvalue weighted by molar-refractivity contribution is -0.127. The van der Waals surface area contributed by atoms with Gasteiger partial charge in [0.05, 0.1) is 21.6 Å². The van der Waals surface area contributed by atoms with E-state index in [0.29, 0.717) is 9.24 Å². The van der Waals surface area contributed by atoms with E-state index >= 15 is 0 Å². The third-order valence-electron chi connectivity index (χ3n) is 4.56. The summed E-state index contributed by atoms with van der Waals surface area (Å²) in [6, 6.07) is 3.53. The summed E-state index contributed by atoms with van der Waals surface area (Å²) in [5, 5.41) is 0. The van der Waals surface area contributed by atoms with E-state index in [4.69, 9.17) is 17.0 Å². The van der Waals surface area contributed by atoms with Gasteiger partial charge < -0.3 is 14.3 Å². The second-order valence-corrected chi connectivity index (χ2v) is 7.34. The molecule has 1 heterocycles. The standard InChI is InChI=1S/C15H18BrFN2OS/c1-4-20-13-7-12(15(13,2)3)19-11-5-8(16)9(17)6-10(11)18-14(19)21/h5-6,12-13H,4,7H2,1-3H3,(H,18,21). The first kappa shape index (κ1) is 15.2. The highest BCUT2D eigenvalue weighted by molar-refractivity contribution is 9.10. The highest BCUT2D eigenvalue weighted by Gasteiger charge is 2.50. The number of hydrogen-bond acceptors (Lipinski definition) is 2. The van der Waals surface area contributed by atoms with Crippen LogP contribution in [0.15, 0.2) is 16.6 Å². The van der Waals surface area contributed by atoms with E-state index in [1.54, 1.807) is 6.07 Å². The van der Waals surface area contributed by atoms with E-state index in [2.05, 4.69) is 39.3 Å². The molecule has 2 unspecified atom stereocenters. The number of hydrogen-bond donors (Lipinski definition) is 1. The molecule has 0 saturated heterocycles. The number of aromatic amines is 1. The number of ether oxygens (including phenoxy) is 1. The molecule has 6 heteroatoms. The monoisotopic (exact) mass is 372 g/mol. The fraction of sp³-hybridized carbons (Fsp3) is 0.533. The molecule has 1 saturated carbocycles. The van der Waals surface area contributed by atoms with Gasteiger partial charge in [0, 0.05) is 24.1 Å². The predicted molar refractivity (Wildman–Crippen MR) is 87.6 cm³/mol. The summed E-state index contributed by atoms with van der Waals surface area (Å²) < 4.78 is 22.7. The van der Waals surface area contributed by atoms with Gasteiger partial charge in [0.2, 0.25) is 0 Å². The maximum atomic E-state index is 13.7. The zero-order valence-corrected chi connectivity index (χ0v) is 14.6. The smallest absolute Gasteiger partial charge is 0.178 e. The van der Waals surface area contributed by atoms with Gasteiger partial charge in [-0.05, 0) is 47.6 Å². The Kier molecular flexibility index (Phi) is 3.74. The van der Waals surface area contributed by atoms with E-state index in [0.717, 1.165) is 24.1 Å². The van der Waals surface area contributed by atoms with Crippen molar-refractivity contribution in [1.82, 2.24) is 9.55 Å². The summed E-state index contributed by atoms with van der Waals surface area (Å²) in [4.78, 5) is 3.10. The van der Waals surface area contributed by atoms with Gasteiger partial charge >= 0.3 is 0 Å². The molecule has 1 aliphatic carbocycles. The minimum Gasteiger partial charge on any atom is -0.378 e. The summed E-state index contributed by atoms with van der Waals surface area (Å²) in [6.45, 7) is 7.12. The SMILES string of the molecule is CCOC1CC(n2c(=S)[nH]c3cc(F)c(Br)cc32)C1(C)C. The molecule has 1 aromatic heterocycles. The van der Waals surface area contributed by atoms with Crippen molar-refractivity contribution in [2.24, 2.45) is 5.41 Å². The van der Waals surface area contributed by atoms with Gasteiger partial charge in [-0.25, -0.2) is 4.39 Å². The topological polar surface area (TPSA) is 29.9 Å². The first-order chi connectivity index (χ1) is 9.86. The molecule has 1 aliphatic rings. The molecule has 3 rings (SSSR count). The second kappa shape index (κ2) is 5.18. The Morgan fingerprint density at radius 2 is 2.24 bits per heavy atom. The van der Waals surface area contributed by atoms with E-state index in [1.165, 1.54) is 6.07 Å². The van der Waals surface area contributed by atoms with Crippen LogP contribution in [0.4, 0.5) is 4.39 Å². The normalized spacial score (nSPS) is 24.2. The lowest BCUT2D eigenvalue weighted by Gasteiger charge is -2.52. The third kappa shape index (κ3) is 2.28. The van der Waals surface area contributed by atoms with Crippen molar-refractivity contribution in [3.8, 4) is 0 Å². The Hall–Kier alpha value is -0.720. The molecule has 114 valence electrons. The fourth-order valence-corrected chi connectivity index (χ4v) is 3.88. The van der Waals surface area contributed by atoms with Crippen LogP contribution in [0.25, 0.3) is 11.0 Å². The predicted octanol–water partition coefficient (Wildman–Crippen LogP) is 4.98. The zero-order valence-electron chi connectivity index (χ0n) is 12.2. The third-order valence-corrected chi connectivity index (χ3v) is 5.47. The van der Waals surface area contributed by atoms with Crippen LogP contribution >= 0.6 is 28.1 Å². The number of halogens is 2. The van der Waals surface area contributed by atoms with E-state index in [1.807, 2.05) is 6.92 Å². The highest BCUT2D eigenvalue weighted by Crippen LogP contribution is 2.52. The molecule has 3 nitrogen and oxygen atoms in total. The molecule has 1 fully saturated rings. The van der Waals surface area contributed by atoms with E-state index < -0.39 is 0 Å². The number of H-pyrrole nitrogens is 1. The Morgan fingerprint density at radius 3 is 2.86 bits per heavy atom. The van der Waals surface area contributed by atoms with Gasteiger partial charge in [0.1, 0.15) is 5.82 Å². The second-order valence-electron chi connectivity index (χ2n) is 6.10. The molecule has 21 heavy (non-hydrogen) atoms. The van der Waals surface area contributed by atoms with Crippen molar-refractivity contribution in [3.05, 3.63) is 27.2 Å². The van der Waals surface area contributed by atoms with Crippen LogP contribution < -0.4 is 0 Å². The molecule has 0 amide bonds. The quantitative estimate of drug-likeness (QED) is 0.770. The number of nitrogens with zero attached hydrogens (tertiary/aromatic N) is 1. The van der Waals surface area contributed by atoms with Crippen molar-refractivity contribution >= 4 is 39.2 Å². The van der Waals surface area contributed by atoms with Crippen molar-refractivity contribution < 1.29 is 9.13 Å². The van der Waals surface area contributed by atoms with E-state index in [-0.39, 0.29) is 23.4 Å². The van der Waals surface area contributed by atoms with Crippen LogP contribution in [0.5, 0.6) is 0 Å². The molecule has 2 aromatic rings. The minimum absolute atomic E-state index is 0.00419. The lowest BCUT2D eigenvalue weighted by atomic mass is 9.64. The molecule has 0 spiro atoms. The van der Waals surface area contributed by atoms with Crippen molar-refractivity contribution in [2.75, 3.05) is 6.61 Å². The molecule has 0 aliphatic heterocycles. The Morgan fingerprint density at radius 1 is 1.52 bits per heavy atom. The first-order valence-electron chi connectivity index (χ1n) is 7.07. The summed E-state index contributed by atoms with van der Waals surface area (Å²) in [5.74, 6) is -0.286. The minimum atomic E-state index is -0.286. The van der Waals surface area contributed by atoms with Crippen LogP contribution in [-0.4, -0.2) is 22.3 Å². The van der Waals surface area contributed by atoms with E-state index in [9.17, 15) is 4.39 Å². The zero-order chi connectivity index (χ0) is 15.4. The lowest BCUT2D eigenvalue weighted by Crippen LogP contribution is -2.51. The first-order valence-corrected chi connectivity index (χ1v) is 8.27. The van der Waals surface area contributed by atoms with Crippen LogP contribution in [0.3, 0.4) is 0 Å². The van der Waals surface area contributed by atoms with Gasteiger partial charge in [-0.15, -0.1) is 0 Å². The molecular weight excluding hydrogens is 355 g/mol. The van der Waals surface area contributed by atoms with Gasteiger partial charge in [-0.3, -0.25) is 0 Å². The molecule has 0 bridgehead atoms. The number of benzene rings is 1. The maximum Gasteiger partial charge on any atom is 0.178 e. The molecule has 0 radical (unpaired) electrons. The van der Waals surface area contributed by atoms with Gasteiger partial charge in [-0.1, -0.05) is 13.8 Å². The molecule has 1 N–H and O–H groups in total. The van der Waals surface area contributed by atoms with Crippen LogP contribution in [-0.2, 0) is 4.74 Å². The number of aromatic nitrogens is 2. The average Bonchev–Trinajstić information content (AvgIpc) is 2.70. The summed E-state index contributed by atoms with van der Waals surface area (Å²) in [7, 11) is 0. The number of rotatable bonds is 3. The Labute approximate surface area is 136 Å². The van der Waals surface area contributed by atoms with Gasteiger partial charge in [0.15, 0.2) is 4.77 Å². The number of imidazole rings is 1.